The van der Waals surface area contributed by atoms with Crippen LogP contribution in [0.2, 0.25) is 0 Å². The number of hydrogen-bond acceptors (Lipinski definition) is 4. The molecule has 0 saturated carbocycles. The number of piperazine rings is 1. The minimum absolute atomic E-state index is 0.112. The molecule has 1 N–H and O–H groups in total. The molecule has 2 aliphatic heterocycles. The van der Waals surface area contributed by atoms with Gasteiger partial charge in [0.25, 0.3) is 0 Å². The molecule has 2 fully saturated rings. The Labute approximate surface area is 122 Å². The van der Waals surface area contributed by atoms with E-state index in [1.807, 2.05) is 6.07 Å². The average molecular weight is 306 g/mol. The Hall–Kier alpha value is -2.11. The van der Waals surface area contributed by atoms with Crippen molar-refractivity contribution in [3.05, 3.63) is 29.8 Å². The molecule has 8 heteroatoms. The molecule has 0 aromatic heterocycles. The highest BCUT2D eigenvalue weighted by Crippen LogP contribution is 2.22. The van der Waals surface area contributed by atoms with Crippen molar-refractivity contribution < 1.29 is 13.2 Å². The third-order valence-electron chi connectivity index (χ3n) is 3.82. The van der Waals surface area contributed by atoms with E-state index in [-0.39, 0.29) is 23.5 Å². The van der Waals surface area contributed by atoms with Crippen molar-refractivity contribution in [2.75, 3.05) is 26.2 Å². The quantitative estimate of drug-likeness (QED) is 0.829. The fourth-order valence-corrected chi connectivity index (χ4v) is 4.11. The zero-order valence-corrected chi connectivity index (χ0v) is 12.0. The molecular formula is C13H14N4O3S. The molecule has 7 nitrogen and oxygen atoms in total. The average Bonchev–Trinajstić information content (AvgIpc) is 2.88. The molecule has 0 bridgehead atoms. The molecule has 3 rings (SSSR count). The predicted molar refractivity (Wildman–Crippen MR) is 73.8 cm³/mol. The van der Waals surface area contributed by atoms with Crippen LogP contribution < -0.4 is 5.32 Å². The van der Waals surface area contributed by atoms with E-state index in [9.17, 15) is 13.2 Å². The number of fused-ring (bicyclic) bond motifs is 1. The summed E-state index contributed by atoms with van der Waals surface area (Å²) in [5.41, 5.74) is 0.421. The van der Waals surface area contributed by atoms with E-state index < -0.39 is 10.0 Å². The summed E-state index contributed by atoms with van der Waals surface area (Å²) in [5, 5.41) is 11.5. The van der Waals surface area contributed by atoms with Gasteiger partial charge in [0.15, 0.2) is 0 Å². The monoisotopic (exact) mass is 306 g/mol. The van der Waals surface area contributed by atoms with Crippen molar-refractivity contribution in [2.24, 2.45) is 0 Å². The van der Waals surface area contributed by atoms with Gasteiger partial charge in [0.1, 0.15) is 0 Å². The topological polar surface area (TPSA) is 93.5 Å². The van der Waals surface area contributed by atoms with Crippen LogP contribution in [-0.2, 0) is 10.0 Å². The van der Waals surface area contributed by atoms with E-state index in [4.69, 9.17) is 5.26 Å². The molecule has 110 valence electrons. The first-order valence-electron chi connectivity index (χ1n) is 6.57. The molecule has 2 amide bonds. The number of carbonyl (C=O) groups excluding carboxylic acids is 1. The Kier molecular flexibility index (Phi) is 3.31. The maximum Gasteiger partial charge on any atom is 0.317 e. The minimum atomic E-state index is -3.58. The summed E-state index contributed by atoms with van der Waals surface area (Å²) in [7, 11) is -3.58. The van der Waals surface area contributed by atoms with Crippen LogP contribution in [0.15, 0.2) is 29.2 Å². The summed E-state index contributed by atoms with van der Waals surface area (Å²) in [6, 6.07) is 7.58. The highest BCUT2D eigenvalue weighted by Gasteiger charge is 2.39. The highest BCUT2D eigenvalue weighted by atomic mass is 32.2. The molecule has 2 heterocycles. The molecule has 0 spiro atoms. The first-order valence-corrected chi connectivity index (χ1v) is 8.01. The van der Waals surface area contributed by atoms with Crippen molar-refractivity contribution in [1.29, 1.82) is 5.26 Å². The molecule has 0 aliphatic carbocycles. The van der Waals surface area contributed by atoms with Crippen LogP contribution in [0.5, 0.6) is 0 Å². The maximum absolute atomic E-state index is 12.6. The lowest BCUT2D eigenvalue weighted by Gasteiger charge is -2.35. The van der Waals surface area contributed by atoms with Crippen LogP contribution in [0.4, 0.5) is 4.79 Å². The van der Waals surface area contributed by atoms with Crippen molar-refractivity contribution in [3.8, 4) is 6.07 Å². The summed E-state index contributed by atoms with van der Waals surface area (Å²) >= 11 is 0. The summed E-state index contributed by atoms with van der Waals surface area (Å²) in [6.07, 6.45) is 0. The normalized spacial score (nSPS) is 22.5. The number of urea groups is 1. The first-order chi connectivity index (χ1) is 10.0. The van der Waals surface area contributed by atoms with Gasteiger partial charge in [-0.3, -0.25) is 0 Å². The van der Waals surface area contributed by atoms with Crippen LogP contribution in [0.25, 0.3) is 0 Å². The lowest BCUT2D eigenvalue weighted by molar-refractivity contribution is 0.164. The SMILES string of the molecule is N#Cc1ccc(S(=O)(=O)N2CCN3C(=O)NCC3C2)cc1. The second-order valence-electron chi connectivity index (χ2n) is 5.03. The van der Waals surface area contributed by atoms with E-state index in [1.54, 1.807) is 4.90 Å². The number of nitriles is 1. The number of sulfonamides is 1. The van der Waals surface area contributed by atoms with Crippen molar-refractivity contribution in [3.63, 3.8) is 0 Å². The van der Waals surface area contributed by atoms with Crippen LogP contribution in [0.1, 0.15) is 5.56 Å². The van der Waals surface area contributed by atoms with Gasteiger partial charge in [-0.05, 0) is 24.3 Å². The van der Waals surface area contributed by atoms with Crippen LogP contribution in [-0.4, -0.2) is 55.9 Å². The molecule has 2 aliphatic rings. The maximum atomic E-state index is 12.6. The summed E-state index contributed by atoms with van der Waals surface area (Å²) in [4.78, 5) is 13.4. The molecular weight excluding hydrogens is 292 g/mol. The Balaban J connectivity index is 1.82. The van der Waals surface area contributed by atoms with Gasteiger partial charge < -0.3 is 10.2 Å². The van der Waals surface area contributed by atoms with Gasteiger partial charge in [0, 0.05) is 26.2 Å². The highest BCUT2D eigenvalue weighted by molar-refractivity contribution is 7.89. The number of carbonyl (C=O) groups is 1. The van der Waals surface area contributed by atoms with E-state index in [0.29, 0.717) is 25.2 Å². The number of nitrogens with zero attached hydrogens (tertiary/aromatic N) is 3. The first kappa shape index (κ1) is 13.9. The molecule has 21 heavy (non-hydrogen) atoms. The van der Waals surface area contributed by atoms with Gasteiger partial charge in [0.2, 0.25) is 10.0 Å². The molecule has 1 atom stereocenters. The number of benzene rings is 1. The van der Waals surface area contributed by atoms with Crippen LogP contribution in [0, 0.1) is 11.3 Å². The van der Waals surface area contributed by atoms with E-state index in [2.05, 4.69) is 5.32 Å². The van der Waals surface area contributed by atoms with Gasteiger partial charge in [-0.1, -0.05) is 0 Å². The number of nitrogens with one attached hydrogen (secondary N) is 1. The lowest BCUT2D eigenvalue weighted by atomic mass is 10.2. The van der Waals surface area contributed by atoms with Gasteiger partial charge in [-0.15, -0.1) is 0 Å². The van der Waals surface area contributed by atoms with Crippen molar-refractivity contribution >= 4 is 16.1 Å². The fraction of sp³-hybridized carbons (Fsp3) is 0.385. The second-order valence-corrected chi connectivity index (χ2v) is 6.97. The smallest absolute Gasteiger partial charge is 0.317 e. The number of hydrogen-bond donors (Lipinski definition) is 1. The lowest BCUT2D eigenvalue weighted by Crippen LogP contribution is -2.53. The standard InChI is InChI=1S/C13H14N4O3S/c14-7-10-1-3-12(4-2-10)21(19,20)16-5-6-17-11(9-16)8-15-13(17)18/h1-4,11H,5-6,8-9H2,(H,15,18). The zero-order chi connectivity index (χ0) is 15.0. The van der Waals surface area contributed by atoms with Crippen LogP contribution >= 0.6 is 0 Å². The Morgan fingerprint density at radius 1 is 1.24 bits per heavy atom. The molecule has 1 aromatic rings. The van der Waals surface area contributed by atoms with Crippen molar-refractivity contribution in [1.82, 2.24) is 14.5 Å². The fourth-order valence-electron chi connectivity index (χ4n) is 2.64. The predicted octanol–water partition coefficient (Wildman–Crippen LogP) is -0.0436. The number of amides is 2. The second kappa shape index (κ2) is 5.02. The third kappa shape index (κ3) is 2.34. The summed E-state index contributed by atoms with van der Waals surface area (Å²) in [5.74, 6) is 0. The molecule has 1 unspecified atom stereocenters. The molecule has 0 radical (unpaired) electrons. The largest absolute Gasteiger partial charge is 0.336 e. The third-order valence-corrected chi connectivity index (χ3v) is 5.70. The molecule has 2 saturated heterocycles. The Morgan fingerprint density at radius 3 is 2.62 bits per heavy atom. The van der Waals surface area contributed by atoms with Crippen molar-refractivity contribution in [2.45, 2.75) is 10.9 Å². The number of rotatable bonds is 2. The van der Waals surface area contributed by atoms with E-state index >= 15 is 0 Å². The molecule has 1 aromatic carbocycles. The van der Waals surface area contributed by atoms with E-state index in [0.717, 1.165) is 0 Å². The van der Waals surface area contributed by atoms with Crippen LogP contribution in [0.3, 0.4) is 0 Å². The van der Waals surface area contributed by atoms with Gasteiger partial charge in [-0.2, -0.15) is 9.57 Å². The summed E-state index contributed by atoms with van der Waals surface area (Å²) in [6.45, 7) is 1.44. The van der Waals surface area contributed by atoms with Gasteiger partial charge in [0.05, 0.1) is 22.6 Å². The Bertz CT molecular complexity index is 708. The van der Waals surface area contributed by atoms with Gasteiger partial charge >= 0.3 is 6.03 Å². The summed E-state index contributed by atoms with van der Waals surface area (Å²) < 4.78 is 26.6. The van der Waals surface area contributed by atoms with E-state index in [1.165, 1.54) is 28.6 Å². The van der Waals surface area contributed by atoms with Gasteiger partial charge in [-0.25, -0.2) is 13.2 Å². The zero-order valence-electron chi connectivity index (χ0n) is 11.2. The minimum Gasteiger partial charge on any atom is -0.336 e. The Morgan fingerprint density at radius 2 is 1.95 bits per heavy atom.